The lowest BCUT2D eigenvalue weighted by Crippen LogP contribution is -2.49. The van der Waals surface area contributed by atoms with Gasteiger partial charge in [0.05, 0.1) is 34.3 Å². The second-order valence-electron chi connectivity index (χ2n) is 6.19. The molecule has 6 nitrogen and oxygen atoms in total. The second-order valence-corrected chi connectivity index (χ2v) is 8.78. The highest BCUT2D eigenvalue weighted by Crippen LogP contribution is 2.36. The van der Waals surface area contributed by atoms with Crippen LogP contribution < -0.4 is 14.4 Å². The molecule has 1 aliphatic heterocycles. The van der Waals surface area contributed by atoms with Crippen molar-refractivity contribution in [1.29, 1.82) is 0 Å². The number of carbonyl (C=O) groups is 1. The Morgan fingerprint density at radius 2 is 1.97 bits per heavy atom. The Bertz CT molecular complexity index is 1040. The molecule has 0 bridgehead atoms. The highest BCUT2D eigenvalue weighted by Gasteiger charge is 2.36. The van der Waals surface area contributed by atoms with Crippen molar-refractivity contribution in [1.82, 2.24) is 0 Å². The molecular weight excluding hydrogens is 433 g/mol. The van der Waals surface area contributed by atoms with Crippen LogP contribution in [0, 0.1) is 0 Å². The highest BCUT2D eigenvalue weighted by molar-refractivity contribution is 7.92. The lowest BCUT2D eigenvalue weighted by molar-refractivity contribution is -0.137. The Balaban J connectivity index is 1.89. The molecule has 0 fully saturated rings. The van der Waals surface area contributed by atoms with Crippen molar-refractivity contribution in [3.05, 3.63) is 53.1 Å². The molecule has 11 heteroatoms. The summed E-state index contributed by atoms with van der Waals surface area (Å²) in [4.78, 5) is 12.7. The molecule has 1 atom stereocenters. The molecule has 1 heterocycles. The van der Waals surface area contributed by atoms with Gasteiger partial charge in [-0.05, 0) is 37.3 Å². The number of amides is 1. The number of alkyl halides is 3. The summed E-state index contributed by atoms with van der Waals surface area (Å²) in [6, 6.07) is 8.80. The summed E-state index contributed by atoms with van der Waals surface area (Å²) < 4.78 is 70.3. The highest BCUT2D eigenvalue weighted by atomic mass is 35.5. The smallest absolute Gasteiger partial charge is 0.416 e. The number of carbonyl (C=O) groups excluding carboxylic acids is 1. The minimum Gasteiger partial charge on any atom is -0.476 e. The van der Waals surface area contributed by atoms with Crippen molar-refractivity contribution in [3.63, 3.8) is 0 Å². The van der Waals surface area contributed by atoms with Crippen LogP contribution in [0.3, 0.4) is 0 Å². The molecule has 1 unspecified atom stereocenters. The number of halogens is 4. The average molecular weight is 449 g/mol. The topological polar surface area (TPSA) is 75.7 Å². The van der Waals surface area contributed by atoms with Crippen molar-refractivity contribution >= 4 is 38.9 Å². The lowest BCUT2D eigenvalue weighted by atomic mass is 10.1. The minimum absolute atomic E-state index is 0.0967. The van der Waals surface area contributed by atoms with Gasteiger partial charge in [0.15, 0.2) is 6.10 Å². The number of fused-ring (bicyclic) bond motifs is 1. The van der Waals surface area contributed by atoms with E-state index in [0.717, 1.165) is 16.4 Å². The normalized spacial score (nSPS) is 16.7. The van der Waals surface area contributed by atoms with Gasteiger partial charge in [0, 0.05) is 0 Å². The maximum Gasteiger partial charge on any atom is 0.416 e. The van der Waals surface area contributed by atoms with E-state index in [1.54, 1.807) is 18.2 Å². The summed E-state index contributed by atoms with van der Waals surface area (Å²) in [7, 11) is -3.71. The first kappa shape index (κ1) is 21.3. The predicted octanol–water partition coefficient (Wildman–Crippen LogP) is 3.91. The maximum atomic E-state index is 12.9. The molecule has 1 amide bonds. The van der Waals surface area contributed by atoms with E-state index in [1.807, 2.05) is 0 Å². The summed E-state index contributed by atoms with van der Waals surface area (Å²) in [5.41, 5.74) is -0.948. The van der Waals surface area contributed by atoms with Gasteiger partial charge < -0.3 is 10.1 Å². The second kappa shape index (κ2) is 7.75. The molecule has 0 saturated heterocycles. The van der Waals surface area contributed by atoms with Crippen LogP contribution in [-0.4, -0.2) is 32.7 Å². The number of ether oxygens (including phenoxy) is 1. The molecule has 1 N–H and O–H groups in total. The quantitative estimate of drug-likeness (QED) is 0.769. The van der Waals surface area contributed by atoms with Gasteiger partial charge in [-0.1, -0.05) is 23.7 Å². The predicted molar refractivity (Wildman–Crippen MR) is 103 cm³/mol. The number of sulfonamides is 1. The Hall–Kier alpha value is -2.46. The summed E-state index contributed by atoms with van der Waals surface area (Å²) >= 11 is 5.90. The van der Waals surface area contributed by atoms with Crippen molar-refractivity contribution in [2.24, 2.45) is 0 Å². The first-order valence-corrected chi connectivity index (χ1v) is 10.5. The SMILES string of the molecule is CCS(=O)(=O)N1CC(C(=O)Nc2cc(C(F)(F)F)ccc2Cl)Oc2ccccc21. The number of nitrogens with zero attached hydrogens (tertiary/aromatic N) is 1. The fourth-order valence-corrected chi connectivity index (χ4v) is 4.06. The summed E-state index contributed by atoms with van der Waals surface area (Å²) in [6.07, 6.45) is -5.90. The van der Waals surface area contributed by atoms with Gasteiger partial charge in [-0.25, -0.2) is 8.42 Å². The van der Waals surface area contributed by atoms with Crippen LogP contribution >= 0.6 is 11.6 Å². The van der Waals surface area contributed by atoms with Gasteiger partial charge in [-0.3, -0.25) is 9.10 Å². The van der Waals surface area contributed by atoms with Gasteiger partial charge in [-0.2, -0.15) is 13.2 Å². The Labute approximate surface area is 170 Å². The zero-order chi connectivity index (χ0) is 21.4. The molecule has 29 heavy (non-hydrogen) atoms. The minimum atomic E-state index is -4.61. The Morgan fingerprint density at radius 1 is 1.28 bits per heavy atom. The van der Waals surface area contributed by atoms with Gasteiger partial charge in [0.25, 0.3) is 5.91 Å². The fraction of sp³-hybridized carbons (Fsp3) is 0.278. The maximum absolute atomic E-state index is 12.9. The van der Waals surface area contributed by atoms with E-state index >= 15 is 0 Å². The zero-order valence-corrected chi connectivity index (χ0v) is 16.6. The largest absolute Gasteiger partial charge is 0.476 e. The van der Waals surface area contributed by atoms with E-state index < -0.39 is 33.8 Å². The molecule has 156 valence electrons. The number of hydrogen-bond acceptors (Lipinski definition) is 4. The Morgan fingerprint density at radius 3 is 2.62 bits per heavy atom. The van der Waals surface area contributed by atoms with Crippen LogP contribution in [0.4, 0.5) is 24.5 Å². The molecule has 0 radical (unpaired) electrons. The lowest BCUT2D eigenvalue weighted by Gasteiger charge is -2.34. The monoisotopic (exact) mass is 448 g/mol. The van der Waals surface area contributed by atoms with E-state index in [1.165, 1.54) is 13.0 Å². The van der Waals surface area contributed by atoms with E-state index in [9.17, 15) is 26.4 Å². The van der Waals surface area contributed by atoms with Gasteiger partial charge in [0.1, 0.15) is 5.75 Å². The molecule has 0 aliphatic carbocycles. The van der Waals surface area contributed by atoms with Crippen molar-refractivity contribution in [2.75, 3.05) is 21.9 Å². The van der Waals surface area contributed by atoms with Crippen LogP contribution in [0.5, 0.6) is 5.75 Å². The molecule has 2 aromatic rings. The van der Waals surface area contributed by atoms with Crippen LogP contribution in [0.25, 0.3) is 0 Å². The first-order chi connectivity index (χ1) is 13.5. The van der Waals surface area contributed by atoms with Crippen molar-refractivity contribution in [2.45, 2.75) is 19.2 Å². The molecule has 0 aromatic heterocycles. The molecule has 2 aromatic carbocycles. The third-order valence-corrected chi connectivity index (χ3v) is 6.36. The van der Waals surface area contributed by atoms with Crippen LogP contribution in [0.1, 0.15) is 12.5 Å². The zero-order valence-electron chi connectivity index (χ0n) is 15.0. The van der Waals surface area contributed by atoms with E-state index in [-0.39, 0.29) is 34.4 Å². The van der Waals surface area contributed by atoms with Crippen LogP contribution in [0.15, 0.2) is 42.5 Å². The summed E-state index contributed by atoms with van der Waals surface area (Å²) in [5.74, 6) is -0.849. The molecule has 0 saturated carbocycles. The number of hydrogen-bond donors (Lipinski definition) is 1. The van der Waals surface area contributed by atoms with Crippen molar-refractivity contribution in [3.8, 4) is 5.75 Å². The third kappa shape index (κ3) is 4.43. The third-order valence-electron chi connectivity index (χ3n) is 4.28. The molecule has 0 spiro atoms. The van der Waals surface area contributed by atoms with Crippen LogP contribution in [-0.2, 0) is 21.0 Å². The van der Waals surface area contributed by atoms with E-state index in [4.69, 9.17) is 16.3 Å². The summed E-state index contributed by atoms with van der Waals surface area (Å²) in [6.45, 7) is 1.14. The molecular formula is C18H16ClF3N2O4S. The fourth-order valence-electron chi connectivity index (χ4n) is 2.77. The van der Waals surface area contributed by atoms with Gasteiger partial charge >= 0.3 is 6.18 Å². The van der Waals surface area contributed by atoms with E-state index in [2.05, 4.69) is 5.32 Å². The number of para-hydroxylation sites is 2. The Kier molecular flexibility index (Phi) is 5.68. The van der Waals surface area contributed by atoms with Crippen LogP contribution in [0.2, 0.25) is 5.02 Å². The van der Waals surface area contributed by atoms with E-state index in [0.29, 0.717) is 6.07 Å². The number of rotatable bonds is 4. The number of anilines is 2. The first-order valence-electron chi connectivity index (χ1n) is 8.46. The number of benzene rings is 2. The average Bonchev–Trinajstić information content (AvgIpc) is 2.67. The van der Waals surface area contributed by atoms with Gasteiger partial charge in [0.2, 0.25) is 10.0 Å². The van der Waals surface area contributed by atoms with Crippen molar-refractivity contribution < 1.29 is 31.1 Å². The standard InChI is InChI=1S/C18H16ClF3N2O4S/c1-2-29(26,27)24-10-16(28-15-6-4-3-5-14(15)24)17(25)23-13-9-11(18(20,21)22)7-8-12(13)19/h3-9,16H,2,10H2,1H3,(H,23,25). The number of nitrogens with one attached hydrogen (secondary N) is 1. The molecule has 1 aliphatic rings. The summed E-state index contributed by atoms with van der Waals surface area (Å²) in [5, 5.41) is 2.20. The molecule has 3 rings (SSSR count). The van der Waals surface area contributed by atoms with Gasteiger partial charge in [-0.15, -0.1) is 0 Å².